The van der Waals surface area contributed by atoms with Crippen LogP contribution in [0.1, 0.15) is 5.56 Å². The van der Waals surface area contributed by atoms with Crippen LogP contribution in [-0.2, 0) is 0 Å². The summed E-state index contributed by atoms with van der Waals surface area (Å²) in [6, 6.07) is 0.898. The third-order valence-corrected chi connectivity index (χ3v) is 1.16. The lowest BCUT2D eigenvalue weighted by atomic mass is 10.3. The van der Waals surface area contributed by atoms with Gasteiger partial charge < -0.3 is 14.6 Å². The van der Waals surface area contributed by atoms with Crippen molar-refractivity contribution in [3.63, 3.8) is 0 Å². The molecule has 0 saturated heterocycles. The molecule has 54 valence electrons. The van der Waals surface area contributed by atoms with Gasteiger partial charge in [0.25, 0.3) is 5.95 Å². The predicted molar refractivity (Wildman–Crippen MR) is 33.0 cm³/mol. The minimum absolute atomic E-state index is 0.166. The normalized spacial score (nSPS) is 9.70. The predicted octanol–water partition coefficient (Wildman–Crippen LogP) is 0.359. The molecular formula is C6H6O4. The highest BCUT2D eigenvalue weighted by Gasteiger charge is 2.04. The first-order chi connectivity index (χ1) is 4.61. The lowest BCUT2D eigenvalue weighted by Crippen LogP contribution is -1.95. The molecule has 1 aromatic heterocycles. The Kier molecular flexibility index (Phi) is 1.37. The summed E-state index contributed by atoms with van der Waals surface area (Å²) >= 11 is 0. The van der Waals surface area contributed by atoms with E-state index in [0.29, 0.717) is 0 Å². The molecule has 0 aliphatic heterocycles. The summed E-state index contributed by atoms with van der Waals surface area (Å²) in [5.41, 5.74) is -0.597. The summed E-state index contributed by atoms with van der Waals surface area (Å²) < 4.78 is 4.23. The second-order valence-electron chi connectivity index (χ2n) is 1.88. The Morgan fingerprint density at radius 1 is 1.50 bits per heavy atom. The molecule has 1 rings (SSSR count). The Labute approximate surface area is 56.4 Å². The summed E-state index contributed by atoms with van der Waals surface area (Å²) in [5.74, 6) is -0.793. The number of hydrogen-bond acceptors (Lipinski definition) is 4. The molecule has 1 heterocycles. The van der Waals surface area contributed by atoms with Crippen molar-refractivity contribution in [2.24, 2.45) is 0 Å². The van der Waals surface area contributed by atoms with Crippen molar-refractivity contribution < 1.29 is 14.6 Å². The van der Waals surface area contributed by atoms with E-state index < -0.39 is 11.6 Å². The van der Waals surface area contributed by atoms with Crippen LogP contribution in [0.5, 0.6) is 11.7 Å². The molecule has 1 aromatic rings. The molecule has 10 heavy (non-hydrogen) atoms. The molecule has 0 radical (unpaired) electrons. The van der Waals surface area contributed by atoms with Gasteiger partial charge in [-0.2, -0.15) is 0 Å². The summed E-state index contributed by atoms with van der Waals surface area (Å²) in [4.78, 5) is 10.4. The second kappa shape index (κ2) is 2.06. The van der Waals surface area contributed by atoms with Crippen molar-refractivity contribution in [3.8, 4) is 11.7 Å². The molecule has 4 heteroatoms. The van der Waals surface area contributed by atoms with Crippen LogP contribution in [0, 0.1) is 6.92 Å². The van der Waals surface area contributed by atoms with Gasteiger partial charge in [0.05, 0.1) is 11.6 Å². The molecule has 0 aromatic carbocycles. The smallest absolute Gasteiger partial charge is 0.342 e. The van der Waals surface area contributed by atoms with Gasteiger partial charge >= 0.3 is 5.63 Å². The highest BCUT2D eigenvalue weighted by Crippen LogP contribution is 2.21. The molecule has 0 spiro atoms. The topological polar surface area (TPSA) is 70.7 Å². The maximum Gasteiger partial charge on any atom is 0.342 e. The van der Waals surface area contributed by atoms with Crippen LogP contribution in [0.4, 0.5) is 0 Å². The van der Waals surface area contributed by atoms with Crippen molar-refractivity contribution in [3.05, 3.63) is 22.0 Å². The Bertz CT molecular complexity index is 273. The average molecular weight is 142 g/mol. The van der Waals surface area contributed by atoms with E-state index in [1.165, 1.54) is 6.92 Å². The molecule has 0 aliphatic carbocycles. The fourth-order valence-electron chi connectivity index (χ4n) is 0.531. The Balaban J connectivity index is 3.46. The maximum absolute atomic E-state index is 10.4. The van der Waals surface area contributed by atoms with Gasteiger partial charge in [-0.1, -0.05) is 0 Å². The van der Waals surface area contributed by atoms with Gasteiger partial charge in [0.1, 0.15) is 5.75 Å². The van der Waals surface area contributed by atoms with Gasteiger partial charge in [0, 0.05) is 0 Å². The van der Waals surface area contributed by atoms with Crippen LogP contribution in [0.15, 0.2) is 15.3 Å². The monoisotopic (exact) mass is 142 g/mol. The Hall–Kier alpha value is -1.45. The molecular weight excluding hydrogens is 136 g/mol. The number of aromatic hydroxyl groups is 2. The third kappa shape index (κ3) is 0.953. The van der Waals surface area contributed by atoms with Gasteiger partial charge in [-0.15, -0.1) is 0 Å². The quantitative estimate of drug-likeness (QED) is 0.548. The van der Waals surface area contributed by atoms with Crippen molar-refractivity contribution in [2.45, 2.75) is 6.92 Å². The van der Waals surface area contributed by atoms with E-state index in [0.717, 1.165) is 6.07 Å². The van der Waals surface area contributed by atoms with E-state index in [1.54, 1.807) is 0 Å². The van der Waals surface area contributed by atoms with Crippen LogP contribution >= 0.6 is 0 Å². The van der Waals surface area contributed by atoms with Crippen molar-refractivity contribution in [1.29, 1.82) is 0 Å². The largest absolute Gasteiger partial charge is 0.507 e. The average Bonchev–Trinajstić information content (AvgIpc) is 1.82. The van der Waals surface area contributed by atoms with Crippen molar-refractivity contribution in [1.82, 2.24) is 0 Å². The minimum Gasteiger partial charge on any atom is -0.507 e. The van der Waals surface area contributed by atoms with E-state index in [9.17, 15) is 4.79 Å². The highest BCUT2D eigenvalue weighted by atomic mass is 16.5. The fourth-order valence-corrected chi connectivity index (χ4v) is 0.531. The maximum atomic E-state index is 10.4. The molecule has 0 fully saturated rings. The molecule has 0 saturated carbocycles. The van der Waals surface area contributed by atoms with E-state index in [2.05, 4.69) is 4.42 Å². The Morgan fingerprint density at radius 3 is 2.60 bits per heavy atom. The zero-order chi connectivity index (χ0) is 7.72. The first-order valence-corrected chi connectivity index (χ1v) is 2.64. The summed E-state index contributed by atoms with van der Waals surface area (Å²) in [5, 5.41) is 17.6. The van der Waals surface area contributed by atoms with Gasteiger partial charge in [-0.3, -0.25) is 0 Å². The van der Waals surface area contributed by atoms with E-state index in [4.69, 9.17) is 10.2 Å². The van der Waals surface area contributed by atoms with Crippen LogP contribution in [0.3, 0.4) is 0 Å². The van der Waals surface area contributed by atoms with Crippen LogP contribution in [-0.4, -0.2) is 10.2 Å². The van der Waals surface area contributed by atoms with Gasteiger partial charge in [-0.05, 0) is 6.92 Å². The zero-order valence-electron chi connectivity index (χ0n) is 5.29. The summed E-state index contributed by atoms with van der Waals surface area (Å²) in [7, 11) is 0. The van der Waals surface area contributed by atoms with Crippen LogP contribution in [0.25, 0.3) is 0 Å². The molecule has 2 N–H and O–H groups in total. The van der Waals surface area contributed by atoms with Gasteiger partial charge in [-0.25, -0.2) is 4.79 Å². The van der Waals surface area contributed by atoms with Gasteiger partial charge in [0.15, 0.2) is 0 Å². The van der Waals surface area contributed by atoms with Crippen molar-refractivity contribution in [2.75, 3.05) is 0 Å². The highest BCUT2D eigenvalue weighted by molar-refractivity contribution is 5.33. The lowest BCUT2D eigenvalue weighted by Gasteiger charge is -1.96. The van der Waals surface area contributed by atoms with E-state index >= 15 is 0 Å². The molecule has 4 nitrogen and oxygen atoms in total. The van der Waals surface area contributed by atoms with Crippen LogP contribution < -0.4 is 5.63 Å². The van der Waals surface area contributed by atoms with Crippen molar-refractivity contribution >= 4 is 0 Å². The first-order valence-electron chi connectivity index (χ1n) is 2.64. The molecule has 0 atom stereocenters. The summed E-state index contributed by atoms with van der Waals surface area (Å²) in [6.45, 7) is 1.44. The molecule has 0 amide bonds. The molecule has 0 bridgehead atoms. The second-order valence-corrected chi connectivity index (χ2v) is 1.88. The van der Waals surface area contributed by atoms with E-state index in [-0.39, 0.29) is 11.3 Å². The van der Waals surface area contributed by atoms with Gasteiger partial charge in [0.2, 0.25) is 0 Å². The zero-order valence-corrected chi connectivity index (χ0v) is 5.29. The fraction of sp³-hybridized carbons (Fsp3) is 0.167. The number of hydrogen-bond donors (Lipinski definition) is 2. The standard InChI is InChI=1S/C6H6O4/c1-3-4(7)2-5(8)10-6(3)9/h2,7,9H,1H3. The minimum atomic E-state index is -0.763. The molecule has 0 unspecified atom stereocenters. The first kappa shape index (κ1) is 6.67. The number of rotatable bonds is 0. The Morgan fingerprint density at radius 2 is 2.10 bits per heavy atom. The SMILES string of the molecule is Cc1c(O)cc(=O)oc1O. The summed E-state index contributed by atoms with van der Waals surface area (Å²) in [6.07, 6.45) is 0. The van der Waals surface area contributed by atoms with E-state index in [1.807, 2.05) is 0 Å². The third-order valence-electron chi connectivity index (χ3n) is 1.16. The molecule has 0 aliphatic rings. The lowest BCUT2D eigenvalue weighted by molar-refractivity contribution is 0.298. The van der Waals surface area contributed by atoms with Crippen LogP contribution in [0.2, 0.25) is 0 Å².